The van der Waals surface area contributed by atoms with Gasteiger partial charge in [0.05, 0.1) is 6.61 Å². The van der Waals surface area contributed by atoms with Crippen molar-refractivity contribution >= 4 is 22.7 Å². The number of aryl methyl sites for hydroxylation is 1. The van der Waals surface area contributed by atoms with Crippen LogP contribution in [0.2, 0.25) is 0 Å². The van der Waals surface area contributed by atoms with Gasteiger partial charge in [0, 0.05) is 16.4 Å². The van der Waals surface area contributed by atoms with Crippen molar-refractivity contribution in [2.75, 3.05) is 13.2 Å². The van der Waals surface area contributed by atoms with Crippen molar-refractivity contribution in [3.63, 3.8) is 0 Å². The monoisotopic (exact) mass is 302 g/mol. The molecular formula is C12H19BrN2O2. The van der Waals surface area contributed by atoms with Gasteiger partial charge in [-0.2, -0.15) is 0 Å². The fraction of sp³-hybridized carbons (Fsp3) is 0.333. The summed E-state index contributed by atoms with van der Waals surface area (Å²) in [6, 6.07) is 4.01. The van der Waals surface area contributed by atoms with Gasteiger partial charge in [-0.25, -0.2) is 0 Å². The number of hydrogen-bond donors (Lipinski definition) is 2. The summed E-state index contributed by atoms with van der Waals surface area (Å²) in [6.07, 6.45) is 5.23. The molecule has 5 heteroatoms. The minimum Gasteiger partial charge on any atom is -0.392 e. The first-order valence-electron chi connectivity index (χ1n) is 5.05. The lowest BCUT2D eigenvalue weighted by atomic mass is 10.2. The van der Waals surface area contributed by atoms with Crippen molar-refractivity contribution in [3.8, 4) is 0 Å². The zero-order chi connectivity index (χ0) is 13.5. The first-order valence-corrected chi connectivity index (χ1v) is 5.85. The lowest BCUT2D eigenvalue weighted by Gasteiger charge is -1.97. The van der Waals surface area contributed by atoms with Gasteiger partial charge in [-0.05, 0) is 47.4 Å². The fourth-order valence-electron chi connectivity index (χ4n) is 0.838. The second kappa shape index (κ2) is 15.0. The Morgan fingerprint density at radius 1 is 1.47 bits per heavy atom. The van der Waals surface area contributed by atoms with E-state index in [-0.39, 0.29) is 6.61 Å². The maximum atomic E-state index is 8.00. The van der Waals surface area contributed by atoms with Gasteiger partial charge in [-0.3, -0.25) is 4.98 Å². The molecule has 0 bridgehead atoms. The van der Waals surface area contributed by atoms with E-state index < -0.39 is 0 Å². The summed E-state index contributed by atoms with van der Waals surface area (Å²) < 4.78 is 1.02. The number of rotatable bonds is 4. The number of hydrogen-bond acceptors (Lipinski definition) is 4. The highest BCUT2D eigenvalue weighted by atomic mass is 79.9. The molecule has 4 nitrogen and oxygen atoms in total. The number of halogens is 1. The number of carbonyl (C=O) groups is 1. The van der Waals surface area contributed by atoms with E-state index in [1.54, 1.807) is 0 Å². The second-order valence-electron chi connectivity index (χ2n) is 2.83. The Morgan fingerprint density at radius 2 is 2.06 bits per heavy atom. The van der Waals surface area contributed by atoms with Crippen LogP contribution in [0.1, 0.15) is 12.1 Å². The molecule has 3 N–H and O–H groups in total. The number of aliphatic hydroxyl groups is 1. The van der Waals surface area contributed by atoms with Gasteiger partial charge in [0.1, 0.15) is 6.79 Å². The Balaban J connectivity index is 0. The summed E-state index contributed by atoms with van der Waals surface area (Å²) in [5.41, 5.74) is 6.48. The van der Waals surface area contributed by atoms with Crippen LogP contribution in [0.4, 0.5) is 0 Å². The largest absolute Gasteiger partial charge is 0.392 e. The van der Waals surface area contributed by atoms with Crippen LogP contribution in [0.25, 0.3) is 0 Å². The lowest BCUT2D eigenvalue weighted by Crippen LogP contribution is -2.01. The Bertz CT molecular complexity index is 278. The van der Waals surface area contributed by atoms with Gasteiger partial charge >= 0.3 is 0 Å². The van der Waals surface area contributed by atoms with Crippen LogP contribution in [0.15, 0.2) is 35.5 Å². The van der Waals surface area contributed by atoms with Gasteiger partial charge in [0.25, 0.3) is 0 Å². The molecule has 0 amide bonds. The summed E-state index contributed by atoms with van der Waals surface area (Å²) in [6.45, 7) is 6.05. The van der Waals surface area contributed by atoms with Crippen LogP contribution in [0.5, 0.6) is 0 Å². The molecule has 0 aliphatic rings. The molecule has 1 aromatic rings. The summed E-state index contributed by atoms with van der Waals surface area (Å²) >= 11 is 3.33. The van der Waals surface area contributed by atoms with E-state index in [0.717, 1.165) is 29.6 Å². The minimum absolute atomic E-state index is 0.0833. The number of aliphatic hydroxyl groups excluding tert-OH is 1. The van der Waals surface area contributed by atoms with Gasteiger partial charge in [-0.1, -0.05) is 6.08 Å². The second-order valence-corrected chi connectivity index (χ2v) is 3.75. The van der Waals surface area contributed by atoms with E-state index in [2.05, 4.69) is 27.5 Å². The van der Waals surface area contributed by atoms with E-state index in [1.165, 1.54) is 6.08 Å². The molecule has 0 aliphatic carbocycles. The highest BCUT2D eigenvalue weighted by molar-refractivity contribution is 9.10. The molecule has 0 atom stereocenters. The van der Waals surface area contributed by atoms with Crippen LogP contribution < -0.4 is 5.73 Å². The molecular weight excluding hydrogens is 284 g/mol. The van der Waals surface area contributed by atoms with Gasteiger partial charge in [0.2, 0.25) is 0 Å². The molecule has 96 valence electrons. The van der Waals surface area contributed by atoms with Gasteiger partial charge < -0.3 is 15.6 Å². The first-order chi connectivity index (χ1) is 8.24. The molecule has 17 heavy (non-hydrogen) atoms. The average molecular weight is 303 g/mol. The normalized spacial score (nSPS) is 8.18. The van der Waals surface area contributed by atoms with Crippen LogP contribution in [0, 0.1) is 0 Å². The van der Waals surface area contributed by atoms with E-state index in [1.807, 2.05) is 25.1 Å². The molecule has 0 unspecified atom stereocenters. The first kappa shape index (κ1) is 18.3. The summed E-state index contributed by atoms with van der Waals surface area (Å²) in [5, 5.41) is 7.76. The molecule has 1 heterocycles. The van der Waals surface area contributed by atoms with Crippen LogP contribution in [0.3, 0.4) is 0 Å². The van der Waals surface area contributed by atoms with Crippen molar-refractivity contribution in [2.24, 2.45) is 5.73 Å². The number of nitrogens with two attached hydrogens (primary N) is 1. The predicted molar refractivity (Wildman–Crippen MR) is 73.7 cm³/mol. The highest BCUT2D eigenvalue weighted by Gasteiger charge is 1.92. The van der Waals surface area contributed by atoms with Crippen LogP contribution in [-0.4, -0.2) is 30.0 Å². The maximum Gasteiger partial charge on any atom is 0.106 e. The number of nitrogens with zero attached hydrogens (tertiary/aromatic N) is 1. The Labute approximate surface area is 111 Å². The molecule has 0 saturated heterocycles. The minimum atomic E-state index is 0.0833. The Hall–Kier alpha value is -1.04. The fourth-order valence-corrected chi connectivity index (χ4v) is 1.07. The third-order valence-corrected chi connectivity index (χ3v) is 2.02. The van der Waals surface area contributed by atoms with E-state index in [9.17, 15) is 0 Å². The van der Waals surface area contributed by atoms with Crippen molar-refractivity contribution < 1.29 is 9.90 Å². The van der Waals surface area contributed by atoms with Crippen molar-refractivity contribution in [3.05, 3.63) is 41.2 Å². The van der Waals surface area contributed by atoms with Crippen LogP contribution in [-0.2, 0) is 11.2 Å². The van der Waals surface area contributed by atoms with Crippen molar-refractivity contribution in [1.82, 2.24) is 4.98 Å². The SMILES string of the molecule is C=CCO.C=O.NCCCc1ccc(Br)cn1. The zero-order valence-corrected chi connectivity index (χ0v) is 11.4. The standard InChI is InChI=1S/C8H11BrN2.C3H6O.CH2O/c9-7-3-4-8(11-6-7)2-1-5-10;1-2-3-4;1-2/h3-4,6H,1-2,5,10H2;2,4H,1,3H2;1H2. The van der Waals surface area contributed by atoms with E-state index in [0.29, 0.717) is 0 Å². The molecule has 0 radical (unpaired) electrons. The van der Waals surface area contributed by atoms with Gasteiger partial charge in [-0.15, -0.1) is 6.58 Å². The Kier molecular flexibility index (Phi) is 16.1. The molecule has 0 saturated carbocycles. The summed E-state index contributed by atoms with van der Waals surface area (Å²) in [4.78, 5) is 12.2. The number of aromatic nitrogens is 1. The van der Waals surface area contributed by atoms with E-state index >= 15 is 0 Å². The Morgan fingerprint density at radius 3 is 2.41 bits per heavy atom. The zero-order valence-electron chi connectivity index (χ0n) is 9.81. The molecule has 1 rings (SSSR count). The summed E-state index contributed by atoms with van der Waals surface area (Å²) in [5.74, 6) is 0. The molecule has 0 aromatic carbocycles. The predicted octanol–water partition coefficient (Wildman–Crippen LogP) is 1.72. The quantitative estimate of drug-likeness (QED) is 0.830. The molecule has 0 spiro atoms. The number of carbonyl (C=O) groups excluding carboxylic acids is 1. The lowest BCUT2D eigenvalue weighted by molar-refractivity contribution is -0.0979. The smallest absolute Gasteiger partial charge is 0.106 e. The third-order valence-electron chi connectivity index (χ3n) is 1.55. The topological polar surface area (TPSA) is 76.2 Å². The molecule has 1 aromatic heterocycles. The molecule has 0 fully saturated rings. The molecule has 0 aliphatic heterocycles. The van der Waals surface area contributed by atoms with Crippen molar-refractivity contribution in [2.45, 2.75) is 12.8 Å². The van der Waals surface area contributed by atoms with E-state index in [4.69, 9.17) is 15.6 Å². The van der Waals surface area contributed by atoms with Crippen LogP contribution >= 0.6 is 15.9 Å². The number of pyridine rings is 1. The van der Waals surface area contributed by atoms with Crippen molar-refractivity contribution in [1.29, 1.82) is 0 Å². The summed E-state index contributed by atoms with van der Waals surface area (Å²) in [7, 11) is 0. The average Bonchev–Trinajstić information content (AvgIpc) is 2.41. The third kappa shape index (κ3) is 12.9. The maximum absolute atomic E-state index is 8.00. The van der Waals surface area contributed by atoms with Gasteiger partial charge in [0.15, 0.2) is 0 Å². The highest BCUT2D eigenvalue weighted by Crippen LogP contribution is 2.08.